The average Bonchev–Trinajstić information content (AvgIpc) is 2.57. The summed E-state index contributed by atoms with van der Waals surface area (Å²) in [7, 11) is 0. The first-order valence-corrected chi connectivity index (χ1v) is 7.11. The SMILES string of the molecule is Cc1ccc(C(N)Cc2nc(C)c(C)s2)c(Cl)c1. The molecule has 2 N–H and O–H groups in total. The number of thiazole rings is 1. The van der Waals surface area contributed by atoms with E-state index in [2.05, 4.69) is 11.9 Å². The fourth-order valence-corrected chi connectivity index (χ4v) is 3.22. The minimum absolute atomic E-state index is 0.0944. The standard InChI is InChI=1S/C14H17ClN2S/c1-8-4-5-11(12(15)6-8)13(16)7-14-17-9(2)10(3)18-14/h4-6,13H,7,16H2,1-3H3. The van der Waals surface area contributed by atoms with Crippen molar-refractivity contribution in [3.8, 4) is 0 Å². The lowest BCUT2D eigenvalue weighted by Crippen LogP contribution is -2.13. The van der Waals surface area contributed by atoms with Crippen molar-refractivity contribution in [3.63, 3.8) is 0 Å². The molecule has 0 aliphatic rings. The van der Waals surface area contributed by atoms with Crippen LogP contribution in [0.25, 0.3) is 0 Å². The van der Waals surface area contributed by atoms with Gasteiger partial charge in [0.2, 0.25) is 0 Å². The van der Waals surface area contributed by atoms with Crippen LogP contribution in [0.5, 0.6) is 0 Å². The van der Waals surface area contributed by atoms with Crippen LogP contribution in [0.2, 0.25) is 5.02 Å². The number of hydrogen-bond donors (Lipinski definition) is 1. The Bertz CT molecular complexity index is 543. The van der Waals surface area contributed by atoms with Crippen LogP contribution in [-0.4, -0.2) is 4.98 Å². The zero-order chi connectivity index (χ0) is 13.3. The molecule has 4 heteroatoms. The average molecular weight is 281 g/mol. The summed E-state index contributed by atoms with van der Waals surface area (Å²) in [5.41, 5.74) is 9.46. The van der Waals surface area contributed by atoms with Gasteiger partial charge in [-0.3, -0.25) is 0 Å². The number of nitrogens with two attached hydrogens (primary N) is 1. The fraction of sp³-hybridized carbons (Fsp3) is 0.357. The summed E-state index contributed by atoms with van der Waals surface area (Å²) in [5, 5.41) is 1.82. The van der Waals surface area contributed by atoms with E-state index in [1.807, 2.05) is 32.0 Å². The monoisotopic (exact) mass is 280 g/mol. The van der Waals surface area contributed by atoms with Crippen molar-refractivity contribution in [2.24, 2.45) is 5.73 Å². The quantitative estimate of drug-likeness (QED) is 0.924. The van der Waals surface area contributed by atoms with Gasteiger partial charge in [-0.05, 0) is 38.0 Å². The molecule has 18 heavy (non-hydrogen) atoms. The number of aromatic nitrogens is 1. The van der Waals surface area contributed by atoms with E-state index in [4.69, 9.17) is 17.3 Å². The molecule has 2 aromatic rings. The number of hydrogen-bond acceptors (Lipinski definition) is 3. The van der Waals surface area contributed by atoms with Crippen LogP contribution < -0.4 is 5.73 Å². The highest BCUT2D eigenvalue weighted by Crippen LogP contribution is 2.27. The zero-order valence-electron chi connectivity index (χ0n) is 10.8. The van der Waals surface area contributed by atoms with E-state index in [-0.39, 0.29) is 6.04 Å². The second-order valence-electron chi connectivity index (χ2n) is 4.58. The third-order valence-corrected chi connectivity index (χ3v) is 4.45. The number of rotatable bonds is 3. The minimum atomic E-state index is -0.0944. The van der Waals surface area contributed by atoms with Gasteiger partial charge in [0.05, 0.1) is 10.7 Å². The van der Waals surface area contributed by atoms with Crippen molar-refractivity contribution in [2.75, 3.05) is 0 Å². The van der Waals surface area contributed by atoms with Crippen LogP contribution in [0.15, 0.2) is 18.2 Å². The van der Waals surface area contributed by atoms with Gasteiger partial charge in [0, 0.05) is 22.4 Å². The maximum absolute atomic E-state index is 6.23. The molecule has 96 valence electrons. The Morgan fingerprint density at radius 2 is 2.06 bits per heavy atom. The molecule has 1 unspecified atom stereocenters. The van der Waals surface area contributed by atoms with Crippen molar-refractivity contribution in [1.82, 2.24) is 4.98 Å². The van der Waals surface area contributed by atoms with Gasteiger partial charge in [0.15, 0.2) is 0 Å². The number of nitrogens with zero attached hydrogens (tertiary/aromatic N) is 1. The van der Waals surface area contributed by atoms with Gasteiger partial charge < -0.3 is 5.73 Å². The predicted octanol–water partition coefficient (Wildman–Crippen LogP) is 3.96. The van der Waals surface area contributed by atoms with Gasteiger partial charge in [-0.25, -0.2) is 4.98 Å². The smallest absolute Gasteiger partial charge is 0.0949 e. The molecule has 1 aromatic carbocycles. The molecule has 0 amide bonds. The predicted molar refractivity (Wildman–Crippen MR) is 78.4 cm³/mol. The molecular weight excluding hydrogens is 264 g/mol. The lowest BCUT2D eigenvalue weighted by Gasteiger charge is -2.12. The van der Waals surface area contributed by atoms with E-state index in [0.717, 1.165) is 33.3 Å². The normalized spacial score (nSPS) is 12.7. The highest BCUT2D eigenvalue weighted by Gasteiger charge is 2.13. The summed E-state index contributed by atoms with van der Waals surface area (Å²) in [6.07, 6.45) is 0.738. The summed E-state index contributed by atoms with van der Waals surface area (Å²) < 4.78 is 0. The van der Waals surface area contributed by atoms with E-state index >= 15 is 0 Å². The zero-order valence-corrected chi connectivity index (χ0v) is 12.4. The Morgan fingerprint density at radius 1 is 1.33 bits per heavy atom. The Morgan fingerprint density at radius 3 is 2.61 bits per heavy atom. The molecule has 0 bridgehead atoms. The second-order valence-corrected chi connectivity index (χ2v) is 6.28. The summed E-state index contributed by atoms with van der Waals surface area (Å²) in [4.78, 5) is 5.78. The highest BCUT2D eigenvalue weighted by molar-refractivity contribution is 7.11. The lowest BCUT2D eigenvalue weighted by molar-refractivity contribution is 0.716. The van der Waals surface area contributed by atoms with E-state index < -0.39 is 0 Å². The van der Waals surface area contributed by atoms with Crippen LogP contribution >= 0.6 is 22.9 Å². The summed E-state index contributed by atoms with van der Waals surface area (Å²) in [5.74, 6) is 0. The molecule has 0 saturated heterocycles. The first-order valence-electron chi connectivity index (χ1n) is 5.92. The van der Waals surface area contributed by atoms with Crippen molar-refractivity contribution in [1.29, 1.82) is 0 Å². The third kappa shape index (κ3) is 2.91. The van der Waals surface area contributed by atoms with Crippen molar-refractivity contribution < 1.29 is 0 Å². The van der Waals surface area contributed by atoms with Gasteiger partial charge in [-0.2, -0.15) is 0 Å². The molecule has 0 aliphatic carbocycles. The molecule has 0 radical (unpaired) electrons. The highest BCUT2D eigenvalue weighted by atomic mass is 35.5. The maximum atomic E-state index is 6.23. The molecule has 0 aliphatic heterocycles. The molecule has 1 atom stereocenters. The number of benzene rings is 1. The molecular formula is C14H17ClN2S. The molecule has 1 heterocycles. The van der Waals surface area contributed by atoms with Crippen molar-refractivity contribution in [2.45, 2.75) is 33.2 Å². The second kappa shape index (κ2) is 5.39. The topological polar surface area (TPSA) is 38.9 Å². The van der Waals surface area contributed by atoms with Crippen LogP contribution in [0.4, 0.5) is 0 Å². The van der Waals surface area contributed by atoms with Gasteiger partial charge in [0.1, 0.15) is 0 Å². The van der Waals surface area contributed by atoms with Crippen LogP contribution in [0.1, 0.15) is 32.7 Å². The van der Waals surface area contributed by atoms with Crippen molar-refractivity contribution >= 4 is 22.9 Å². The summed E-state index contributed by atoms with van der Waals surface area (Å²) >= 11 is 7.94. The van der Waals surface area contributed by atoms with Gasteiger partial charge >= 0.3 is 0 Å². The molecule has 2 rings (SSSR count). The first-order chi connectivity index (χ1) is 8.47. The molecule has 0 fully saturated rings. The molecule has 1 aromatic heterocycles. The van der Waals surface area contributed by atoms with E-state index in [9.17, 15) is 0 Å². The largest absolute Gasteiger partial charge is 0.324 e. The lowest BCUT2D eigenvalue weighted by atomic mass is 10.0. The summed E-state index contributed by atoms with van der Waals surface area (Å²) in [6.45, 7) is 6.13. The van der Waals surface area contributed by atoms with Crippen LogP contribution in [-0.2, 0) is 6.42 Å². The Kier molecular flexibility index (Phi) is 4.05. The molecule has 0 spiro atoms. The first kappa shape index (κ1) is 13.5. The van der Waals surface area contributed by atoms with Gasteiger partial charge in [-0.15, -0.1) is 11.3 Å². The Hall–Kier alpha value is -0.900. The van der Waals surface area contributed by atoms with Crippen LogP contribution in [0.3, 0.4) is 0 Å². The van der Waals surface area contributed by atoms with E-state index in [1.54, 1.807) is 11.3 Å². The fourth-order valence-electron chi connectivity index (χ4n) is 1.86. The number of halogens is 1. The molecule has 0 saturated carbocycles. The van der Waals surface area contributed by atoms with Gasteiger partial charge in [-0.1, -0.05) is 23.7 Å². The minimum Gasteiger partial charge on any atom is -0.324 e. The maximum Gasteiger partial charge on any atom is 0.0949 e. The van der Waals surface area contributed by atoms with E-state index in [1.165, 1.54) is 4.88 Å². The summed E-state index contributed by atoms with van der Waals surface area (Å²) in [6, 6.07) is 5.91. The Labute approximate surface area is 117 Å². The Balaban J connectivity index is 2.19. The van der Waals surface area contributed by atoms with Crippen LogP contribution in [0, 0.1) is 20.8 Å². The van der Waals surface area contributed by atoms with E-state index in [0.29, 0.717) is 0 Å². The third-order valence-electron chi connectivity index (χ3n) is 3.02. The molecule has 2 nitrogen and oxygen atoms in total. The van der Waals surface area contributed by atoms with Gasteiger partial charge in [0.25, 0.3) is 0 Å². The number of aryl methyl sites for hydroxylation is 3. The van der Waals surface area contributed by atoms with Crippen molar-refractivity contribution in [3.05, 3.63) is 49.9 Å².